The second-order valence-corrected chi connectivity index (χ2v) is 9.98. The van der Waals surface area contributed by atoms with E-state index in [2.05, 4.69) is 24.5 Å². The number of benzene rings is 3. The minimum Gasteiger partial charge on any atom is -0.457 e. The molecule has 1 aliphatic heterocycles. The molecule has 0 spiro atoms. The van der Waals surface area contributed by atoms with E-state index in [0.29, 0.717) is 35.5 Å². The molecule has 178 valence electrons. The number of nitrogens with zero attached hydrogens (tertiary/aromatic N) is 1. The Labute approximate surface area is 204 Å². The van der Waals surface area contributed by atoms with Gasteiger partial charge >= 0.3 is 0 Å². The zero-order valence-electron chi connectivity index (χ0n) is 19.9. The molecule has 0 amide bonds. The van der Waals surface area contributed by atoms with Gasteiger partial charge in [-0.05, 0) is 54.7 Å². The molecule has 5 rings (SSSR count). The quantitative estimate of drug-likeness (QED) is 0.318. The summed E-state index contributed by atoms with van der Waals surface area (Å²) in [5.41, 5.74) is 4.42. The molecule has 7 nitrogen and oxygen atoms in total. The average molecular weight is 470 g/mol. The van der Waals surface area contributed by atoms with E-state index in [1.54, 1.807) is 6.07 Å². The van der Waals surface area contributed by atoms with Crippen molar-refractivity contribution in [2.75, 3.05) is 10.6 Å². The van der Waals surface area contributed by atoms with Crippen LogP contribution in [-0.4, -0.2) is 10.7 Å². The molecular weight excluding hydrogens is 442 g/mol. The summed E-state index contributed by atoms with van der Waals surface area (Å²) in [6.45, 7) is 6.13. The number of rotatable bonds is 4. The first-order valence-corrected chi connectivity index (χ1v) is 11.6. The van der Waals surface area contributed by atoms with E-state index in [1.807, 2.05) is 55.5 Å². The molecule has 2 N–H and O–H groups in total. The van der Waals surface area contributed by atoms with E-state index >= 15 is 0 Å². The number of ketones is 1. The Morgan fingerprint density at radius 3 is 2.51 bits per heavy atom. The second-order valence-electron chi connectivity index (χ2n) is 9.98. The van der Waals surface area contributed by atoms with Crippen LogP contribution < -0.4 is 15.4 Å². The van der Waals surface area contributed by atoms with Crippen molar-refractivity contribution in [1.82, 2.24) is 0 Å². The van der Waals surface area contributed by atoms with Crippen molar-refractivity contribution < 1.29 is 14.5 Å². The summed E-state index contributed by atoms with van der Waals surface area (Å²) < 4.78 is 6.25. The predicted molar refractivity (Wildman–Crippen MR) is 136 cm³/mol. The monoisotopic (exact) mass is 469 g/mol. The molecule has 1 unspecified atom stereocenters. The maximum absolute atomic E-state index is 13.6. The van der Waals surface area contributed by atoms with Gasteiger partial charge in [-0.15, -0.1) is 0 Å². The minimum atomic E-state index is -0.621. The van der Waals surface area contributed by atoms with Crippen molar-refractivity contribution in [3.8, 4) is 11.5 Å². The number of ether oxygens (including phenoxy) is 1. The molecule has 0 aromatic heterocycles. The van der Waals surface area contributed by atoms with Gasteiger partial charge in [0.1, 0.15) is 11.5 Å². The molecule has 35 heavy (non-hydrogen) atoms. The molecule has 1 aliphatic carbocycles. The van der Waals surface area contributed by atoms with Crippen molar-refractivity contribution >= 4 is 22.8 Å². The van der Waals surface area contributed by atoms with Crippen LogP contribution in [0.3, 0.4) is 0 Å². The van der Waals surface area contributed by atoms with Crippen LogP contribution in [-0.2, 0) is 4.79 Å². The van der Waals surface area contributed by atoms with Gasteiger partial charge in [-0.2, -0.15) is 0 Å². The first kappa shape index (κ1) is 22.7. The molecule has 0 saturated carbocycles. The van der Waals surface area contributed by atoms with Crippen LogP contribution >= 0.6 is 0 Å². The van der Waals surface area contributed by atoms with Crippen molar-refractivity contribution in [1.29, 1.82) is 0 Å². The lowest BCUT2D eigenvalue weighted by atomic mass is 9.73. The van der Waals surface area contributed by atoms with E-state index in [1.165, 1.54) is 12.1 Å². The van der Waals surface area contributed by atoms with Gasteiger partial charge in [0.25, 0.3) is 5.69 Å². The largest absolute Gasteiger partial charge is 0.457 e. The van der Waals surface area contributed by atoms with E-state index in [4.69, 9.17) is 4.74 Å². The van der Waals surface area contributed by atoms with Crippen molar-refractivity contribution in [3.05, 3.63) is 99.2 Å². The maximum atomic E-state index is 13.6. The fraction of sp³-hybridized carbons (Fsp3) is 0.250. The lowest BCUT2D eigenvalue weighted by molar-refractivity contribution is -0.384. The number of hydrogen-bond donors (Lipinski definition) is 2. The average Bonchev–Trinajstić information content (AvgIpc) is 2.95. The minimum absolute atomic E-state index is 0.0158. The number of carbonyl (C=O) groups excluding carboxylic acids is 1. The highest BCUT2D eigenvalue weighted by Gasteiger charge is 2.40. The van der Waals surface area contributed by atoms with E-state index in [9.17, 15) is 14.9 Å². The molecule has 0 fully saturated rings. The summed E-state index contributed by atoms with van der Waals surface area (Å²) in [5.74, 6) is 1.10. The number of hydrogen-bond acceptors (Lipinski definition) is 6. The Morgan fingerprint density at radius 2 is 1.77 bits per heavy atom. The Kier molecular flexibility index (Phi) is 5.55. The summed E-state index contributed by atoms with van der Waals surface area (Å²) in [5, 5.41) is 18.7. The van der Waals surface area contributed by atoms with Crippen LogP contribution in [0, 0.1) is 22.5 Å². The van der Waals surface area contributed by atoms with Crippen molar-refractivity contribution in [3.63, 3.8) is 0 Å². The zero-order chi connectivity index (χ0) is 24.7. The molecule has 3 aromatic rings. The molecule has 7 heteroatoms. The summed E-state index contributed by atoms with van der Waals surface area (Å²) in [7, 11) is 0. The summed E-state index contributed by atoms with van der Waals surface area (Å²) in [6, 6.07) is 19.3. The number of anilines is 2. The van der Waals surface area contributed by atoms with E-state index in [-0.39, 0.29) is 16.9 Å². The summed E-state index contributed by atoms with van der Waals surface area (Å²) in [6.07, 6.45) is 1.08. The lowest BCUT2D eigenvalue weighted by Crippen LogP contribution is -2.31. The molecule has 0 saturated heterocycles. The van der Waals surface area contributed by atoms with Crippen LogP contribution in [0.4, 0.5) is 17.1 Å². The van der Waals surface area contributed by atoms with Crippen molar-refractivity contribution in [2.24, 2.45) is 5.41 Å². The lowest BCUT2D eigenvalue weighted by Gasteiger charge is -2.34. The third-order valence-electron chi connectivity index (χ3n) is 6.45. The molecule has 0 radical (unpaired) electrons. The van der Waals surface area contributed by atoms with Crippen LogP contribution in [0.15, 0.2) is 78.0 Å². The second kappa shape index (κ2) is 8.58. The first-order chi connectivity index (χ1) is 16.7. The maximum Gasteiger partial charge on any atom is 0.270 e. The van der Waals surface area contributed by atoms with Gasteiger partial charge in [0.15, 0.2) is 5.78 Å². The number of non-ortho nitro benzene ring substituents is 1. The van der Waals surface area contributed by atoms with Gasteiger partial charge in [-0.3, -0.25) is 14.9 Å². The van der Waals surface area contributed by atoms with Gasteiger partial charge in [0, 0.05) is 35.4 Å². The number of carbonyl (C=O) groups is 1. The normalized spacial score (nSPS) is 18.5. The van der Waals surface area contributed by atoms with E-state index in [0.717, 1.165) is 22.6 Å². The van der Waals surface area contributed by atoms with E-state index < -0.39 is 11.0 Å². The summed E-state index contributed by atoms with van der Waals surface area (Å²) >= 11 is 0. The Hall–Kier alpha value is -4.13. The number of para-hydroxylation sites is 2. The molecule has 1 atom stereocenters. The van der Waals surface area contributed by atoms with Gasteiger partial charge in [-0.25, -0.2) is 0 Å². The summed E-state index contributed by atoms with van der Waals surface area (Å²) in [4.78, 5) is 24.8. The zero-order valence-corrected chi connectivity index (χ0v) is 19.9. The van der Waals surface area contributed by atoms with Crippen LogP contribution in [0.2, 0.25) is 0 Å². The molecule has 1 heterocycles. The Bertz CT molecular complexity index is 1380. The number of fused-ring (bicyclic) bond motifs is 1. The van der Waals surface area contributed by atoms with Crippen LogP contribution in [0.1, 0.15) is 43.9 Å². The van der Waals surface area contributed by atoms with Gasteiger partial charge in [0.2, 0.25) is 0 Å². The smallest absolute Gasteiger partial charge is 0.270 e. The van der Waals surface area contributed by atoms with Gasteiger partial charge in [0.05, 0.1) is 22.3 Å². The molecular formula is C28H27N3O4. The molecule has 0 bridgehead atoms. The number of Topliss-reactive ketones (excluding diaryl/α,β-unsaturated/α-hetero) is 1. The molecule has 2 aliphatic rings. The fourth-order valence-electron chi connectivity index (χ4n) is 4.90. The van der Waals surface area contributed by atoms with Crippen LogP contribution in [0.5, 0.6) is 11.5 Å². The third kappa shape index (κ3) is 4.49. The SMILES string of the molecule is Cc1cccc(Oc2ccc([N+](=O)[O-])cc2C2Nc3ccccc3NC3=C2C(=O)CC(C)(C)C3)c1. The fourth-order valence-corrected chi connectivity index (χ4v) is 4.90. The highest BCUT2D eigenvalue weighted by Crippen LogP contribution is 2.47. The first-order valence-electron chi connectivity index (χ1n) is 11.6. The number of aryl methyl sites for hydroxylation is 1. The highest BCUT2D eigenvalue weighted by molar-refractivity contribution is 6.01. The standard InChI is InChI=1S/C28H27N3O4/c1-17-7-6-8-19(13-17)35-25-12-11-18(31(33)34)14-20(25)27-26-23(15-28(2,3)16-24(26)32)29-21-9-4-5-10-22(21)30-27/h4-14,27,29-30H,15-16H2,1-3H3. The third-order valence-corrected chi connectivity index (χ3v) is 6.45. The Balaban J connectivity index is 1.70. The van der Waals surface area contributed by atoms with Crippen LogP contribution in [0.25, 0.3) is 0 Å². The Morgan fingerprint density at radius 1 is 1.00 bits per heavy atom. The van der Waals surface area contributed by atoms with Gasteiger partial charge < -0.3 is 15.4 Å². The predicted octanol–water partition coefficient (Wildman–Crippen LogP) is 6.92. The molecule has 3 aromatic carbocycles. The topological polar surface area (TPSA) is 93.5 Å². The number of nitrogens with one attached hydrogen (secondary N) is 2. The number of nitro groups is 1. The number of allylic oxidation sites excluding steroid dienone is 1. The van der Waals surface area contributed by atoms with Crippen molar-refractivity contribution in [2.45, 2.75) is 39.7 Å². The van der Waals surface area contributed by atoms with Gasteiger partial charge in [-0.1, -0.05) is 38.1 Å². The number of nitro benzene ring substituents is 1. The highest BCUT2D eigenvalue weighted by atomic mass is 16.6.